The molecule has 2 aromatic heterocycles. The molecule has 0 amide bonds. The van der Waals surface area contributed by atoms with Gasteiger partial charge < -0.3 is 15.3 Å². The van der Waals surface area contributed by atoms with Crippen LogP contribution in [0.25, 0.3) is 22.1 Å². The van der Waals surface area contributed by atoms with Gasteiger partial charge in [0.1, 0.15) is 17.5 Å². The molecule has 0 unspecified atom stereocenters. The Labute approximate surface area is 173 Å². The van der Waals surface area contributed by atoms with Crippen molar-refractivity contribution in [1.82, 2.24) is 24.2 Å². The first-order chi connectivity index (χ1) is 14.4. The minimum absolute atomic E-state index is 0.00206. The number of H-pyrrole nitrogens is 1. The molecule has 0 aliphatic rings. The molecular formula is C20H23N7O2S. The third-order valence-electron chi connectivity index (χ3n) is 4.94. The third kappa shape index (κ3) is 4.05. The van der Waals surface area contributed by atoms with Gasteiger partial charge >= 0.3 is 0 Å². The minimum Gasteiger partial charge on any atom is -0.384 e. The highest BCUT2D eigenvalue weighted by atomic mass is 32.2. The Hall–Kier alpha value is -3.24. The first kappa shape index (κ1) is 20.0. The van der Waals surface area contributed by atoms with Crippen LogP contribution in [0, 0.1) is 5.41 Å². The fourth-order valence-corrected chi connectivity index (χ4v) is 3.99. The van der Waals surface area contributed by atoms with Crippen molar-refractivity contribution in [3.05, 3.63) is 59.7 Å². The number of nitrogens with one attached hydrogen (secondary N) is 3. The molecule has 0 radical (unpaired) electrons. The number of amidine groups is 1. The second-order valence-corrected chi connectivity index (χ2v) is 9.07. The number of fused-ring (bicyclic) bond motifs is 2. The van der Waals surface area contributed by atoms with Crippen LogP contribution in [0.4, 0.5) is 0 Å². The summed E-state index contributed by atoms with van der Waals surface area (Å²) < 4.78 is 28.2. The van der Waals surface area contributed by atoms with Crippen molar-refractivity contribution in [2.24, 2.45) is 5.73 Å². The molecule has 0 bridgehead atoms. The van der Waals surface area contributed by atoms with Gasteiger partial charge in [0.25, 0.3) is 0 Å². The number of aromatic amines is 1. The van der Waals surface area contributed by atoms with Crippen LogP contribution < -0.4 is 10.5 Å². The van der Waals surface area contributed by atoms with E-state index in [1.165, 1.54) is 0 Å². The molecule has 4 aromatic rings. The van der Waals surface area contributed by atoms with E-state index >= 15 is 0 Å². The van der Waals surface area contributed by atoms with E-state index in [-0.39, 0.29) is 18.1 Å². The Bertz CT molecular complexity index is 1340. The second-order valence-electron chi connectivity index (χ2n) is 6.97. The van der Waals surface area contributed by atoms with E-state index in [4.69, 9.17) is 16.1 Å². The Kier molecular flexibility index (Phi) is 5.27. The van der Waals surface area contributed by atoms with Crippen molar-refractivity contribution in [2.75, 3.05) is 12.3 Å². The summed E-state index contributed by atoms with van der Waals surface area (Å²) in [5.41, 5.74) is 9.57. The lowest BCUT2D eigenvalue weighted by Gasteiger charge is -2.09. The fraction of sp³-hybridized carbons (Fsp3) is 0.250. The van der Waals surface area contributed by atoms with Crippen LogP contribution in [0.3, 0.4) is 0 Å². The Balaban J connectivity index is 1.65. The van der Waals surface area contributed by atoms with Crippen LogP contribution in [0.5, 0.6) is 0 Å². The van der Waals surface area contributed by atoms with Gasteiger partial charge in [-0.15, -0.1) is 0 Å². The summed E-state index contributed by atoms with van der Waals surface area (Å²) >= 11 is 0. The van der Waals surface area contributed by atoms with E-state index in [2.05, 4.69) is 14.7 Å². The summed E-state index contributed by atoms with van der Waals surface area (Å²) in [6.45, 7) is 2.36. The Morgan fingerprint density at radius 2 is 2.00 bits per heavy atom. The highest BCUT2D eigenvalue weighted by Gasteiger charge is 2.14. The smallest absolute Gasteiger partial charge is 0.211 e. The number of nitrogens with two attached hydrogens (primary N) is 1. The molecule has 4 rings (SSSR count). The molecule has 0 saturated heterocycles. The number of nitrogens with zero attached hydrogens (tertiary/aromatic N) is 3. The SMILES string of the molecule is CCS(=O)(=O)NCCn1c(Cc2nc3cc(C(=N)N)ccc3[nH]2)nc2ccccc21. The topological polar surface area (TPSA) is 143 Å². The summed E-state index contributed by atoms with van der Waals surface area (Å²) in [5, 5.41) is 7.59. The fourth-order valence-electron chi connectivity index (χ4n) is 3.38. The number of rotatable bonds is 8. The largest absolute Gasteiger partial charge is 0.384 e. The van der Waals surface area contributed by atoms with Crippen LogP contribution in [-0.2, 0) is 23.0 Å². The molecule has 30 heavy (non-hydrogen) atoms. The van der Waals surface area contributed by atoms with Crippen LogP contribution in [0.15, 0.2) is 42.5 Å². The quantitative estimate of drug-likeness (QED) is 0.251. The average Bonchev–Trinajstić information content (AvgIpc) is 3.28. The zero-order valence-corrected chi connectivity index (χ0v) is 17.3. The number of hydrogen-bond acceptors (Lipinski definition) is 5. The van der Waals surface area contributed by atoms with Crippen molar-refractivity contribution < 1.29 is 8.42 Å². The van der Waals surface area contributed by atoms with Gasteiger partial charge in [-0.25, -0.2) is 23.1 Å². The van der Waals surface area contributed by atoms with Crippen LogP contribution in [-0.4, -0.2) is 46.1 Å². The lowest BCUT2D eigenvalue weighted by Crippen LogP contribution is -2.29. The molecule has 9 nitrogen and oxygen atoms in total. The molecule has 0 aliphatic heterocycles. The van der Waals surface area contributed by atoms with E-state index in [9.17, 15) is 8.42 Å². The van der Waals surface area contributed by atoms with Gasteiger partial charge in [0.2, 0.25) is 10.0 Å². The summed E-state index contributed by atoms with van der Waals surface area (Å²) in [6.07, 6.45) is 0.458. The highest BCUT2D eigenvalue weighted by molar-refractivity contribution is 7.89. The first-order valence-corrected chi connectivity index (χ1v) is 11.3. The molecule has 2 heterocycles. The monoisotopic (exact) mass is 425 g/mol. The van der Waals surface area contributed by atoms with Gasteiger partial charge in [0, 0.05) is 18.7 Å². The number of imidazole rings is 2. The molecule has 10 heteroatoms. The zero-order chi connectivity index (χ0) is 21.3. The van der Waals surface area contributed by atoms with Crippen molar-refractivity contribution in [2.45, 2.75) is 19.9 Å². The molecule has 156 valence electrons. The minimum atomic E-state index is -3.26. The lowest BCUT2D eigenvalue weighted by molar-refractivity contribution is 0.573. The average molecular weight is 426 g/mol. The number of benzene rings is 2. The number of hydrogen-bond donors (Lipinski definition) is 4. The van der Waals surface area contributed by atoms with E-state index in [1.54, 1.807) is 19.1 Å². The normalized spacial score (nSPS) is 12.0. The van der Waals surface area contributed by atoms with Crippen molar-refractivity contribution in [3.63, 3.8) is 0 Å². The molecule has 5 N–H and O–H groups in total. The number of para-hydroxylation sites is 2. The maximum atomic E-state index is 11.8. The van der Waals surface area contributed by atoms with Crippen LogP contribution in [0.2, 0.25) is 0 Å². The standard InChI is InChI=1S/C20H23N7O2S/c1-2-30(28,29)23-9-10-27-17-6-4-3-5-15(17)26-19(27)12-18-24-14-8-7-13(20(21)22)11-16(14)25-18/h3-8,11,23H,2,9-10,12H2,1H3,(H3,21,22)(H,24,25). The van der Waals surface area contributed by atoms with Crippen LogP contribution in [0.1, 0.15) is 24.1 Å². The summed E-state index contributed by atoms with van der Waals surface area (Å²) in [5.74, 6) is 1.57. The van der Waals surface area contributed by atoms with Gasteiger partial charge in [-0.3, -0.25) is 5.41 Å². The van der Waals surface area contributed by atoms with Crippen molar-refractivity contribution in [3.8, 4) is 0 Å². The zero-order valence-electron chi connectivity index (χ0n) is 16.5. The molecular weight excluding hydrogens is 402 g/mol. The van der Waals surface area contributed by atoms with Crippen LogP contribution >= 0.6 is 0 Å². The summed E-state index contributed by atoms with van der Waals surface area (Å²) in [6, 6.07) is 13.2. The van der Waals surface area contributed by atoms with Gasteiger partial charge in [-0.05, 0) is 37.3 Å². The molecule has 0 fully saturated rings. The number of aromatic nitrogens is 4. The summed E-state index contributed by atoms with van der Waals surface area (Å²) in [7, 11) is -3.26. The molecule has 0 saturated carbocycles. The van der Waals surface area contributed by atoms with Crippen molar-refractivity contribution >= 4 is 37.9 Å². The van der Waals surface area contributed by atoms with Gasteiger partial charge in [0.05, 0.1) is 34.2 Å². The second kappa shape index (κ2) is 7.88. The van der Waals surface area contributed by atoms with Crippen molar-refractivity contribution in [1.29, 1.82) is 5.41 Å². The molecule has 0 atom stereocenters. The molecule has 2 aromatic carbocycles. The summed E-state index contributed by atoms with van der Waals surface area (Å²) in [4.78, 5) is 12.6. The van der Waals surface area contributed by atoms with E-state index in [1.807, 2.05) is 34.9 Å². The van der Waals surface area contributed by atoms with E-state index in [0.717, 1.165) is 33.7 Å². The molecule has 0 spiro atoms. The van der Waals surface area contributed by atoms with E-state index < -0.39 is 10.0 Å². The number of nitrogen functional groups attached to an aromatic ring is 1. The maximum absolute atomic E-state index is 11.8. The van der Waals surface area contributed by atoms with E-state index in [0.29, 0.717) is 18.5 Å². The number of sulfonamides is 1. The van der Waals surface area contributed by atoms with Gasteiger partial charge in [-0.2, -0.15) is 0 Å². The Morgan fingerprint density at radius 3 is 2.77 bits per heavy atom. The predicted molar refractivity (Wildman–Crippen MR) is 117 cm³/mol. The lowest BCUT2D eigenvalue weighted by atomic mass is 10.2. The first-order valence-electron chi connectivity index (χ1n) is 9.61. The molecule has 0 aliphatic carbocycles. The van der Waals surface area contributed by atoms with Gasteiger partial charge in [0.15, 0.2) is 0 Å². The maximum Gasteiger partial charge on any atom is 0.211 e. The van der Waals surface area contributed by atoms with Gasteiger partial charge in [-0.1, -0.05) is 12.1 Å². The Morgan fingerprint density at radius 1 is 1.20 bits per heavy atom. The highest BCUT2D eigenvalue weighted by Crippen LogP contribution is 2.20. The third-order valence-corrected chi connectivity index (χ3v) is 6.34. The predicted octanol–water partition coefficient (Wildman–Crippen LogP) is 1.73.